The number of imide groups is 1. The predicted octanol–water partition coefficient (Wildman–Crippen LogP) is 1.93. The third kappa shape index (κ3) is 2.13. The zero-order chi connectivity index (χ0) is 16.8. The molecule has 1 heterocycles. The van der Waals surface area contributed by atoms with E-state index < -0.39 is 0 Å². The Morgan fingerprint density at radius 1 is 1.25 bits per heavy atom. The summed E-state index contributed by atoms with van der Waals surface area (Å²) in [5.74, 6) is -0.167. The van der Waals surface area contributed by atoms with E-state index >= 15 is 0 Å². The standard InChI is InChI=1S/C18H18N2O4/c1-2-24-14-7-10(3-6-13(14)21)9-19-20-17(22)15-11-4-5-12(8-11)16(15)18(20)23/h3-7,9,11-12,15-16,21H,2,8H2,1H3/b19-9+. The first-order valence-corrected chi connectivity index (χ1v) is 8.16. The minimum atomic E-state index is -0.247. The van der Waals surface area contributed by atoms with E-state index in [0.29, 0.717) is 17.9 Å². The van der Waals surface area contributed by atoms with Crippen LogP contribution in [0.1, 0.15) is 18.9 Å². The van der Waals surface area contributed by atoms with E-state index in [2.05, 4.69) is 17.3 Å². The molecule has 2 bridgehead atoms. The lowest BCUT2D eigenvalue weighted by Gasteiger charge is -2.13. The van der Waals surface area contributed by atoms with E-state index in [4.69, 9.17) is 4.74 Å². The summed E-state index contributed by atoms with van der Waals surface area (Å²) >= 11 is 0. The van der Waals surface area contributed by atoms with Crippen molar-refractivity contribution in [3.8, 4) is 11.5 Å². The Labute approximate surface area is 139 Å². The van der Waals surface area contributed by atoms with Gasteiger partial charge in [-0.3, -0.25) is 9.59 Å². The number of ether oxygens (including phenoxy) is 1. The van der Waals surface area contributed by atoms with Gasteiger partial charge in [-0.25, -0.2) is 0 Å². The quantitative estimate of drug-likeness (QED) is 0.521. The van der Waals surface area contributed by atoms with E-state index in [0.717, 1.165) is 11.4 Å². The minimum absolute atomic E-state index is 0.0412. The molecule has 124 valence electrons. The van der Waals surface area contributed by atoms with Crippen LogP contribution in [0.25, 0.3) is 0 Å². The van der Waals surface area contributed by atoms with Crippen molar-refractivity contribution in [3.63, 3.8) is 0 Å². The Morgan fingerprint density at radius 3 is 2.54 bits per heavy atom. The second kappa shape index (κ2) is 5.47. The van der Waals surface area contributed by atoms with Gasteiger partial charge in [0.15, 0.2) is 11.5 Å². The number of allylic oxidation sites excluding steroid dienone is 2. The van der Waals surface area contributed by atoms with Crippen LogP contribution < -0.4 is 4.74 Å². The number of amides is 2. The molecule has 0 spiro atoms. The van der Waals surface area contributed by atoms with Gasteiger partial charge in [-0.1, -0.05) is 12.2 Å². The molecule has 1 aromatic carbocycles. The highest BCUT2D eigenvalue weighted by Crippen LogP contribution is 2.52. The number of carbonyl (C=O) groups excluding carboxylic acids is 2. The summed E-state index contributed by atoms with van der Waals surface area (Å²) in [4.78, 5) is 25.0. The van der Waals surface area contributed by atoms with Gasteiger partial charge in [0, 0.05) is 0 Å². The Hall–Kier alpha value is -2.63. The van der Waals surface area contributed by atoms with Crippen LogP contribution in [0.15, 0.2) is 35.5 Å². The Balaban J connectivity index is 1.56. The Kier molecular flexibility index (Phi) is 3.40. The molecule has 4 rings (SSSR count). The predicted molar refractivity (Wildman–Crippen MR) is 86.4 cm³/mol. The second-order valence-corrected chi connectivity index (χ2v) is 6.39. The van der Waals surface area contributed by atoms with E-state index in [1.165, 1.54) is 12.3 Å². The van der Waals surface area contributed by atoms with Crippen molar-refractivity contribution in [2.75, 3.05) is 6.61 Å². The van der Waals surface area contributed by atoms with Crippen molar-refractivity contribution in [2.24, 2.45) is 28.8 Å². The average Bonchev–Trinajstić information content (AvgIpc) is 3.24. The normalized spacial score (nSPS) is 30.6. The number of phenols is 1. The van der Waals surface area contributed by atoms with Gasteiger partial charge in [-0.2, -0.15) is 10.1 Å². The van der Waals surface area contributed by atoms with Crippen LogP contribution in [0, 0.1) is 23.7 Å². The molecule has 1 saturated heterocycles. The zero-order valence-electron chi connectivity index (χ0n) is 13.3. The fraction of sp³-hybridized carbons (Fsp3) is 0.389. The van der Waals surface area contributed by atoms with E-state index in [-0.39, 0.29) is 41.2 Å². The maximum absolute atomic E-state index is 12.5. The largest absolute Gasteiger partial charge is 0.504 e. The number of phenolic OH excluding ortho intramolecular Hbond substituents is 1. The van der Waals surface area contributed by atoms with Crippen LogP contribution in [0.3, 0.4) is 0 Å². The highest BCUT2D eigenvalue weighted by atomic mass is 16.5. The van der Waals surface area contributed by atoms with E-state index in [1.54, 1.807) is 12.1 Å². The number of aromatic hydroxyl groups is 1. The molecule has 6 nitrogen and oxygen atoms in total. The number of fused-ring (bicyclic) bond motifs is 5. The molecule has 1 aliphatic heterocycles. The molecule has 2 aliphatic carbocycles. The first kappa shape index (κ1) is 14.9. The highest BCUT2D eigenvalue weighted by Gasteiger charge is 2.59. The molecule has 1 N–H and O–H groups in total. The van der Waals surface area contributed by atoms with Gasteiger partial charge in [-0.05, 0) is 48.9 Å². The Morgan fingerprint density at radius 2 is 1.92 bits per heavy atom. The number of benzene rings is 1. The SMILES string of the molecule is CCOc1cc(/C=N/N2C(=O)C3C4C=CC(C4)C3C2=O)ccc1O. The zero-order valence-corrected chi connectivity index (χ0v) is 13.3. The maximum atomic E-state index is 12.5. The first-order chi connectivity index (χ1) is 11.6. The fourth-order valence-corrected chi connectivity index (χ4v) is 4.01. The summed E-state index contributed by atoms with van der Waals surface area (Å²) < 4.78 is 5.32. The van der Waals surface area contributed by atoms with Crippen molar-refractivity contribution >= 4 is 18.0 Å². The summed E-state index contributed by atoms with van der Waals surface area (Å²) in [6, 6.07) is 4.77. The minimum Gasteiger partial charge on any atom is -0.504 e. The van der Waals surface area contributed by atoms with Crippen molar-refractivity contribution in [2.45, 2.75) is 13.3 Å². The van der Waals surface area contributed by atoms with Crippen LogP contribution in [-0.2, 0) is 9.59 Å². The lowest BCUT2D eigenvalue weighted by Crippen LogP contribution is -2.28. The topological polar surface area (TPSA) is 79.2 Å². The summed E-state index contributed by atoms with van der Waals surface area (Å²) in [6.07, 6.45) is 6.46. The lowest BCUT2D eigenvalue weighted by atomic mass is 9.85. The highest BCUT2D eigenvalue weighted by molar-refractivity contribution is 6.06. The molecule has 0 radical (unpaired) electrons. The van der Waals surface area contributed by atoms with Gasteiger partial charge in [-0.15, -0.1) is 0 Å². The number of hydrogen-bond donors (Lipinski definition) is 1. The Bertz CT molecular complexity index is 740. The first-order valence-electron chi connectivity index (χ1n) is 8.16. The van der Waals surface area contributed by atoms with Crippen molar-refractivity contribution < 1.29 is 19.4 Å². The van der Waals surface area contributed by atoms with Gasteiger partial charge in [0.05, 0.1) is 24.7 Å². The third-order valence-electron chi connectivity index (χ3n) is 5.05. The van der Waals surface area contributed by atoms with Gasteiger partial charge >= 0.3 is 0 Å². The van der Waals surface area contributed by atoms with Crippen LogP contribution in [0.2, 0.25) is 0 Å². The summed E-state index contributed by atoms with van der Waals surface area (Å²) in [7, 11) is 0. The van der Waals surface area contributed by atoms with Crippen molar-refractivity contribution in [1.29, 1.82) is 0 Å². The molecule has 4 atom stereocenters. The molecular weight excluding hydrogens is 308 g/mol. The van der Waals surface area contributed by atoms with Crippen molar-refractivity contribution in [3.05, 3.63) is 35.9 Å². The molecule has 1 aromatic rings. The average molecular weight is 326 g/mol. The number of carbonyl (C=O) groups is 2. The van der Waals surface area contributed by atoms with E-state index in [9.17, 15) is 14.7 Å². The molecule has 2 amide bonds. The summed E-state index contributed by atoms with van der Waals surface area (Å²) in [6.45, 7) is 2.25. The monoisotopic (exact) mass is 326 g/mol. The summed E-state index contributed by atoms with van der Waals surface area (Å²) in [5.41, 5.74) is 0.648. The van der Waals surface area contributed by atoms with Crippen LogP contribution in [0.4, 0.5) is 0 Å². The van der Waals surface area contributed by atoms with Gasteiger partial charge in [0.2, 0.25) is 0 Å². The molecule has 3 aliphatic rings. The van der Waals surface area contributed by atoms with Crippen LogP contribution >= 0.6 is 0 Å². The van der Waals surface area contributed by atoms with E-state index in [1.807, 2.05) is 6.92 Å². The van der Waals surface area contributed by atoms with Gasteiger partial charge in [0.25, 0.3) is 11.8 Å². The number of hydrogen-bond acceptors (Lipinski definition) is 5. The van der Waals surface area contributed by atoms with Gasteiger partial charge in [0.1, 0.15) is 0 Å². The molecule has 0 aromatic heterocycles. The van der Waals surface area contributed by atoms with Crippen LogP contribution in [0.5, 0.6) is 11.5 Å². The molecule has 2 fully saturated rings. The maximum Gasteiger partial charge on any atom is 0.254 e. The smallest absolute Gasteiger partial charge is 0.254 e. The number of hydrazone groups is 1. The van der Waals surface area contributed by atoms with Crippen LogP contribution in [-0.4, -0.2) is 34.8 Å². The molecular formula is C18H18N2O4. The number of rotatable bonds is 4. The molecule has 6 heteroatoms. The molecule has 24 heavy (non-hydrogen) atoms. The molecule has 4 unspecified atom stereocenters. The number of nitrogens with zero attached hydrogens (tertiary/aromatic N) is 2. The third-order valence-corrected chi connectivity index (χ3v) is 5.05. The lowest BCUT2D eigenvalue weighted by molar-refractivity contribution is -0.140. The second-order valence-electron chi connectivity index (χ2n) is 6.39. The fourth-order valence-electron chi connectivity index (χ4n) is 4.01. The molecule has 1 saturated carbocycles. The van der Waals surface area contributed by atoms with Crippen molar-refractivity contribution in [1.82, 2.24) is 5.01 Å². The summed E-state index contributed by atoms with van der Waals surface area (Å²) in [5, 5.41) is 14.8. The van der Waals surface area contributed by atoms with Gasteiger partial charge < -0.3 is 9.84 Å².